The zero-order valence-corrected chi connectivity index (χ0v) is 57.1. The van der Waals surface area contributed by atoms with Crippen molar-refractivity contribution in [3.8, 4) is 10.4 Å². The Morgan fingerprint density at radius 3 is 1.08 bits per heavy atom. The molecule has 0 N–H and O–H groups in total. The molecule has 0 saturated carbocycles. The second kappa shape index (κ2) is 41.0. The van der Waals surface area contributed by atoms with Gasteiger partial charge in [0.2, 0.25) is 0 Å². The van der Waals surface area contributed by atoms with E-state index in [2.05, 4.69) is 124 Å². The number of hydrogen-bond acceptors (Lipinski definition) is 4. The summed E-state index contributed by atoms with van der Waals surface area (Å²) in [5, 5.41) is 0. The van der Waals surface area contributed by atoms with Gasteiger partial charge in [0.05, 0.1) is 16.1 Å². The van der Waals surface area contributed by atoms with Crippen LogP contribution in [0, 0.1) is 25.7 Å². The fourth-order valence-electron chi connectivity index (χ4n) is 13.1. The molecule has 2 unspecified atom stereocenters. The van der Waals surface area contributed by atoms with Gasteiger partial charge < -0.3 is 4.90 Å². The van der Waals surface area contributed by atoms with Gasteiger partial charge in [0.1, 0.15) is 0 Å². The summed E-state index contributed by atoms with van der Waals surface area (Å²) in [4.78, 5) is 40.7. The number of amides is 2. The molecular formula is C76H116N2O2S2Se. The number of carbonyl (C=O) groups excluding carboxylic acids is 2. The molecule has 0 spiro atoms. The van der Waals surface area contributed by atoms with Crippen molar-refractivity contribution in [3.05, 3.63) is 101 Å². The summed E-state index contributed by atoms with van der Waals surface area (Å²) >= 11 is 3.94. The predicted octanol–water partition coefficient (Wildman–Crippen LogP) is 24.0. The predicted molar refractivity (Wildman–Crippen MR) is 367 cm³/mol. The zero-order chi connectivity index (χ0) is 58.7. The Morgan fingerprint density at radius 2 is 0.735 bits per heavy atom. The first-order valence-corrected chi connectivity index (χ1v) is 38.2. The molecule has 5 heterocycles. The van der Waals surface area contributed by atoms with E-state index in [1.54, 1.807) is 22.7 Å². The number of hydrogen-bond donors (Lipinski definition) is 0. The van der Waals surface area contributed by atoms with Crippen LogP contribution in [0.5, 0.6) is 0 Å². The van der Waals surface area contributed by atoms with Crippen LogP contribution in [-0.2, 0) is 9.59 Å². The molecule has 2 amide bonds. The van der Waals surface area contributed by atoms with E-state index in [1.807, 2.05) is 0 Å². The van der Waals surface area contributed by atoms with E-state index < -0.39 is 0 Å². The van der Waals surface area contributed by atoms with Gasteiger partial charge in [0.15, 0.2) is 0 Å². The van der Waals surface area contributed by atoms with Gasteiger partial charge in [0.25, 0.3) is 11.8 Å². The topological polar surface area (TPSA) is 40.6 Å². The van der Waals surface area contributed by atoms with E-state index >= 15 is 9.59 Å². The van der Waals surface area contributed by atoms with Crippen molar-refractivity contribution in [3.63, 3.8) is 0 Å². The van der Waals surface area contributed by atoms with Crippen molar-refractivity contribution >= 4 is 72.5 Å². The smallest absolute Gasteiger partial charge is 0.269 e. The Morgan fingerprint density at radius 1 is 0.386 bits per heavy atom. The first-order valence-electron chi connectivity index (χ1n) is 34.9. The number of aryl methyl sites for hydroxylation is 2. The SMILES string of the molecule is CCCCCCCCCCCCC(CCCCCCCCCC)CN1C(=O)C2=C(c3ccc(-c4ccc(/C=C/c5ccc(C)[se]5)cc4)s3)N(CC(CCCCCCCCCC)CCCCCCCCCCCC)C(=O)C2=C1c1ccc(C)s1. The van der Waals surface area contributed by atoms with Crippen molar-refractivity contribution in [2.75, 3.05) is 13.1 Å². The number of fused-ring (bicyclic) bond motifs is 1. The van der Waals surface area contributed by atoms with Gasteiger partial charge in [-0.3, -0.25) is 9.59 Å². The molecule has 0 bridgehead atoms. The van der Waals surface area contributed by atoms with E-state index in [9.17, 15) is 0 Å². The fraction of sp³-hybridized carbons (Fsp3) is 0.658. The fourth-order valence-corrected chi connectivity index (χ4v) is 16.7. The minimum absolute atomic E-state index is 0.0560. The summed E-state index contributed by atoms with van der Waals surface area (Å²) in [5.74, 6) is 0.902. The molecule has 3 aromatic heterocycles. The van der Waals surface area contributed by atoms with Crippen molar-refractivity contribution in [1.82, 2.24) is 9.80 Å². The van der Waals surface area contributed by atoms with Gasteiger partial charge in [-0.1, -0.05) is 259 Å². The second-order valence-electron chi connectivity index (χ2n) is 25.5. The quantitative estimate of drug-likeness (QED) is 0.0327. The number of rotatable bonds is 49. The minimum Gasteiger partial charge on any atom is -0.269 e. The third kappa shape index (κ3) is 24.1. The van der Waals surface area contributed by atoms with Crippen molar-refractivity contribution < 1.29 is 9.59 Å². The third-order valence-electron chi connectivity index (χ3n) is 18.1. The molecule has 0 fully saturated rings. The van der Waals surface area contributed by atoms with Crippen LogP contribution in [0.25, 0.3) is 34.0 Å². The molecule has 6 rings (SSSR count). The first-order chi connectivity index (χ1) is 40.8. The van der Waals surface area contributed by atoms with Crippen LogP contribution in [0.1, 0.15) is 314 Å². The van der Waals surface area contributed by atoms with E-state index in [1.165, 1.54) is 261 Å². The van der Waals surface area contributed by atoms with Gasteiger partial charge in [-0.05, 0) is 56.6 Å². The van der Waals surface area contributed by atoms with Crippen molar-refractivity contribution in [2.24, 2.45) is 11.8 Å². The van der Waals surface area contributed by atoms with Crippen LogP contribution in [0.2, 0.25) is 0 Å². The normalized spacial score (nSPS) is 14.5. The summed E-state index contributed by atoms with van der Waals surface area (Å²) in [5.41, 5.74) is 5.51. The summed E-state index contributed by atoms with van der Waals surface area (Å²) in [6, 6.07) is 22.4. The van der Waals surface area contributed by atoms with Crippen LogP contribution in [-0.4, -0.2) is 49.2 Å². The van der Waals surface area contributed by atoms with Crippen LogP contribution in [0.3, 0.4) is 0 Å². The molecule has 0 saturated heterocycles. The van der Waals surface area contributed by atoms with Crippen molar-refractivity contribution in [2.45, 2.75) is 298 Å². The number of carbonyl (C=O) groups is 2. The number of unbranched alkanes of at least 4 members (excludes halogenated alkanes) is 32. The Bertz CT molecular complexity index is 2500. The zero-order valence-electron chi connectivity index (χ0n) is 53.7. The van der Waals surface area contributed by atoms with E-state index in [-0.39, 0.29) is 11.8 Å². The van der Waals surface area contributed by atoms with Gasteiger partial charge in [-0.25, -0.2) is 0 Å². The van der Waals surface area contributed by atoms with Gasteiger partial charge in [0, 0.05) is 18.0 Å². The molecule has 2 aliphatic heterocycles. The van der Waals surface area contributed by atoms with Gasteiger partial charge in [-0.2, -0.15) is 0 Å². The number of benzene rings is 1. The van der Waals surface area contributed by atoms with Gasteiger partial charge >= 0.3 is 139 Å². The van der Waals surface area contributed by atoms with Crippen molar-refractivity contribution in [1.29, 1.82) is 0 Å². The Kier molecular flexibility index (Phi) is 34.1. The molecule has 2 atom stereocenters. The summed E-state index contributed by atoms with van der Waals surface area (Å²) < 4.78 is 2.88. The standard InChI is InChI=1S/C76H116N2O2S2Se/c1-7-11-15-19-23-27-29-33-37-41-44-64(43-39-35-31-25-21-17-13-9-3)59-77-73(69-56-47-61(5)81-69)71-72(76(77)80)74(70-58-57-68(82-70)66-52-49-63(50-53-66)51-55-67-54-48-62(6)83-67)78(75(71)79)60-65(45-40-36-32-26-22-18-14-10-4)46-42-38-34-30-28-24-20-16-12-8-2/h47-58,64-65H,7-46,59-60H2,1-6H3/b55-51+. The average Bonchev–Trinajstić information content (AvgIpc) is 1.93. The molecule has 4 nitrogen and oxygen atoms in total. The number of thiophene rings is 2. The van der Waals surface area contributed by atoms with Crippen LogP contribution >= 0.6 is 22.7 Å². The Balaban J connectivity index is 1.30. The van der Waals surface area contributed by atoms with Crippen LogP contribution in [0.4, 0.5) is 0 Å². The maximum absolute atomic E-state index is 16.0. The molecule has 1 aromatic carbocycles. The first kappa shape index (κ1) is 68.9. The monoisotopic (exact) mass is 1230 g/mol. The molecule has 4 aromatic rings. The average molecular weight is 1230 g/mol. The summed E-state index contributed by atoms with van der Waals surface area (Å²) in [6.45, 7) is 15.0. The van der Waals surface area contributed by atoms with E-state index in [4.69, 9.17) is 0 Å². The Hall–Kier alpha value is -3.22. The molecule has 7 heteroatoms. The van der Waals surface area contributed by atoms with Crippen LogP contribution in [0.15, 0.2) is 71.8 Å². The molecule has 460 valence electrons. The maximum atomic E-state index is 16.0. The van der Waals surface area contributed by atoms with Gasteiger partial charge in [-0.15, -0.1) is 11.3 Å². The van der Waals surface area contributed by atoms with E-state index in [0.717, 1.165) is 46.8 Å². The summed E-state index contributed by atoms with van der Waals surface area (Å²) in [7, 11) is 0. The molecule has 0 aliphatic carbocycles. The third-order valence-corrected chi connectivity index (χ3v) is 22.3. The second-order valence-corrected chi connectivity index (χ2v) is 30.6. The summed E-state index contributed by atoms with van der Waals surface area (Å²) in [6.07, 6.45) is 56.6. The molecular weight excluding hydrogens is 1120 g/mol. The minimum atomic E-state index is 0.0560. The Labute approximate surface area is 523 Å². The molecule has 83 heavy (non-hydrogen) atoms. The molecule has 0 radical (unpaired) electrons. The van der Waals surface area contributed by atoms with E-state index in [0.29, 0.717) is 50.6 Å². The molecule has 2 aliphatic rings. The van der Waals surface area contributed by atoms with Crippen LogP contribution < -0.4 is 0 Å². The number of nitrogens with zero attached hydrogens (tertiary/aromatic N) is 2.